The number of carbonyl (C=O) groups is 2. The molecule has 0 unspecified atom stereocenters. The van der Waals surface area contributed by atoms with E-state index in [-0.39, 0.29) is 71.5 Å². The highest BCUT2D eigenvalue weighted by Gasteiger charge is 2.66. The molecular formula is C85H91Cl2N5O6. The molecule has 0 radical (unpaired) electrons. The van der Waals surface area contributed by atoms with Crippen molar-refractivity contribution in [2.75, 3.05) is 29.7 Å². The Morgan fingerprint density at radius 3 is 1.54 bits per heavy atom. The molecule has 11 atom stereocenters. The monoisotopic (exact) mass is 1350 g/mol. The average Bonchev–Trinajstić information content (AvgIpc) is 0.861. The summed E-state index contributed by atoms with van der Waals surface area (Å²) >= 11 is 12.2. The predicted octanol–water partition coefficient (Wildman–Crippen LogP) is 19.4. The number of benzene rings is 5. The molecule has 4 aliphatic carbocycles. The second-order valence-electron chi connectivity index (χ2n) is 29.5. The predicted molar refractivity (Wildman–Crippen MR) is 400 cm³/mol. The smallest absolute Gasteiger partial charge is 0.311 e. The lowest BCUT2D eigenvalue weighted by atomic mass is 9.43. The molecule has 8 bridgehead atoms. The van der Waals surface area contributed by atoms with E-state index in [1.807, 2.05) is 24.3 Å². The minimum Gasteiger partial charge on any atom is -0.462 e. The molecule has 13 heteroatoms. The molecule has 11 nitrogen and oxygen atoms in total. The van der Waals surface area contributed by atoms with Gasteiger partial charge in [-0.05, 0) is 226 Å². The van der Waals surface area contributed by atoms with Crippen LogP contribution in [0.3, 0.4) is 0 Å². The van der Waals surface area contributed by atoms with Gasteiger partial charge in [-0.1, -0.05) is 135 Å². The zero-order valence-electron chi connectivity index (χ0n) is 57.3. The van der Waals surface area contributed by atoms with Gasteiger partial charge in [0.2, 0.25) is 0 Å². The van der Waals surface area contributed by atoms with Crippen LogP contribution in [-0.4, -0.2) is 85.2 Å². The van der Waals surface area contributed by atoms with E-state index in [4.69, 9.17) is 42.6 Å². The third kappa shape index (κ3) is 13.3. The van der Waals surface area contributed by atoms with Crippen LogP contribution in [0.1, 0.15) is 136 Å². The van der Waals surface area contributed by atoms with Crippen LogP contribution in [0.5, 0.6) is 5.75 Å². The van der Waals surface area contributed by atoms with Crippen molar-refractivity contribution in [2.24, 2.45) is 46.3 Å². The topological polar surface area (TPSA) is 154 Å². The van der Waals surface area contributed by atoms with E-state index in [0.29, 0.717) is 49.6 Å². The fourth-order valence-electron chi connectivity index (χ4n) is 18.3. The largest absolute Gasteiger partial charge is 0.462 e. The Hall–Kier alpha value is -8.06. The lowest BCUT2D eigenvalue weighted by Gasteiger charge is -2.63. The Morgan fingerprint density at radius 2 is 1.06 bits per heavy atom. The summed E-state index contributed by atoms with van der Waals surface area (Å²) in [7, 11) is 0. The number of hydrogen-bond acceptors (Lipinski definition) is 9. The van der Waals surface area contributed by atoms with Crippen LogP contribution in [-0.2, 0) is 20.7 Å². The molecule has 0 amide bonds. The number of aliphatic hydroxyl groups excluding tert-OH is 2. The van der Waals surface area contributed by atoms with Crippen LogP contribution in [0.25, 0.3) is 90.9 Å². The van der Waals surface area contributed by atoms with Crippen molar-refractivity contribution in [2.45, 2.75) is 137 Å². The molecule has 8 aromatic rings. The number of aromatic amines is 2. The maximum atomic E-state index is 14.1. The zero-order chi connectivity index (χ0) is 68.0. The standard InChI is InChI=1S/C85H91Cl2N5O6/c1-51-10-19-56(20-11-51)79-67-33-35-69(88-67)80(57-21-12-52(2)13-22-57)71-37-39-73(90-71)82(74-40-38-72(91-74)81(70-36-34-68(79)89-70)58-23-14-53(3)15-24-58)59-25-29-63(30-26-59)97-78(96)41-16-54(4)64-31-32-65-83-66(50-76(94)85(64,65)6)84(5)43-42-62(93)48-60(84)49-75(83)98-77(95)9-7-8-55-17-27-61(28-18-55)92(46-44-86)47-45-87/h10-15,17-30,33-40,54,60,62,64-66,75-76,83,88,91,93-94H,7-9,16,31-32,41-50H2,1-6H3/t54-,60+,62-,64-,65+,66+,75-,76+,83+,84+,85-/m1/s1. The van der Waals surface area contributed by atoms with Gasteiger partial charge in [-0.2, -0.15) is 0 Å². The van der Waals surface area contributed by atoms with E-state index in [2.05, 4.69) is 202 Å². The molecule has 4 N–H and O–H groups in total. The van der Waals surface area contributed by atoms with Crippen molar-refractivity contribution in [3.63, 3.8) is 0 Å². The molecule has 4 fully saturated rings. The Kier molecular flexibility index (Phi) is 19.4. The van der Waals surface area contributed by atoms with E-state index < -0.39 is 11.5 Å². The van der Waals surface area contributed by atoms with Gasteiger partial charge >= 0.3 is 11.9 Å². The van der Waals surface area contributed by atoms with E-state index in [1.54, 1.807) is 0 Å². The SMILES string of the molecule is Cc1ccc(-c2c3nc(c(-c4ccc(C)cc4)c4ccc([nH]4)c(-c4ccc(OC(=O)CC[C@@H](C)[C@H]5CC[C@H]6[C@@H]7[C@H](OC(=O)CCCc8ccc(N(CCCl)CCCl)cc8)C[C@@H]8C[C@H](O)CC[C@]8(C)[C@H]7C[C@H](O)[C@]56C)cc4)c4nc(c(-c5ccc(C)cc5)c5ccc2[nH]5)C=C4)C=C3)cc1. The summed E-state index contributed by atoms with van der Waals surface area (Å²) in [6, 6.07) is 50.7. The fraction of sp³-hybridized carbons (Fsp3) is 0.388. The van der Waals surface area contributed by atoms with E-state index in [1.165, 1.54) is 16.7 Å². The number of anilines is 1. The first-order chi connectivity index (χ1) is 47.5. The number of nitrogens with one attached hydrogen (secondary N) is 2. The van der Waals surface area contributed by atoms with Crippen molar-refractivity contribution in [3.05, 3.63) is 191 Å². The highest BCUT2D eigenvalue weighted by molar-refractivity contribution is 6.18. The van der Waals surface area contributed by atoms with Crippen molar-refractivity contribution < 1.29 is 29.3 Å². The second kappa shape index (κ2) is 28.3. The third-order valence-electron chi connectivity index (χ3n) is 23.6. The number of ether oxygens (including phenoxy) is 2. The summed E-state index contributed by atoms with van der Waals surface area (Å²) in [5.74, 6) is 1.91. The van der Waals surface area contributed by atoms with Crippen LogP contribution in [0, 0.1) is 67.1 Å². The molecule has 506 valence electrons. The normalized spacial score (nSPS) is 24.1. The first-order valence-corrected chi connectivity index (χ1v) is 36.7. The highest BCUT2D eigenvalue weighted by Crippen LogP contribution is 2.69. The number of aryl methyl sites for hydroxylation is 4. The summed E-state index contributed by atoms with van der Waals surface area (Å²) in [5.41, 5.74) is 20.0. The number of carbonyl (C=O) groups excluding carboxylic acids is 2. The first kappa shape index (κ1) is 67.1. The molecule has 6 aliphatic rings. The molecule has 5 heterocycles. The van der Waals surface area contributed by atoms with Crippen molar-refractivity contribution in [1.29, 1.82) is 0 Å². The number of nitrogens with zero attached hydrogens (tertiary/aromatic N) is 3. The number of H-pyrrole nitrogens is 2. The number of alkyl halides is 2. The van der Waals surface area contributed by atoms with E-state index in [9.17, 15) is 19.8 Å². The number of aliphatic hydroxyl groups is 2. The van der Waals surface area contributed by atoms with Gasteiger partial charge in [0.1, 0.15) is 11.9 Å². The number of fused-ring (bicyclic) bond motifs is 13. The van der Waals surface area contributed by atoms with Gasteiger partial charge in [0.25, 0.3) is 0 Å². The van der Waals surface area contributed by atoms with Gasteiger partial charge in [-0.25, -0.2) is 9.97 Å². The van der Waals surface area contributed by atoms with Gasteiger partial charge in [-0.15, -0.1) is 23.2 Å². The van der Waals surface area contributed by atoms with Crippen molar-refractivity contribution in [1.82, 2.24) is 19.9 Å². The van der Waals surface area contributed by atoms with Crippen molar-refractivity contribution in [3.8, 4) is 50.3 Å². The summed E-state index contributed by atoms with van der Waals surface area (Å²) in [6.45, 7) is 14.7. The maximum Gasteiger partial charge on any atom is 0.311 e. The van der Waals surface area contributed by atoms with Crippen LogP contribution >= 0.6 is 23.2 Å². The quantitative estimate of drug-likeness (QED) is 0.0352. The number of halogens is 2. The third-order valence-corrected chi connectivity index (χ3v) is 23.9. The summed E-state index contributed by atoms with van der Waals surface area (Å²) in [4.78, 5) is 49.1. The van der Waals surface area contributed by atoms with E-state index in [0.717, 1.165) is 152 Å². The first-order valence-electron chi connectivity index (χ1n) is 35.7. The highest BCUT2D eigenvalue weighted by atomic mass is 35.5. The Morgan fingerprint density at radius 1 is 0.582 bits per heavy atom. The Balaban J connectivity index is 0.721. The molecule has 4 saturated carbocycles. The van der Waals surface area contributed by atoms with Crippen LogP contribution in [0.2, 0.25) is 0 Å². The van der Waals surface area contributed by atoms with Gasteiger partial charge in [0.05, 0.1) is 35.0 Å². The number of hydrogen-bond donors (Lipinski definition) is 4. The molecule has 14 rings (SSSR count). The van der Waals surface area contributed by atoms with Crippen LogP contribution in [0.15, 0.2) is 146 Å². The number of rotatable bonds is 19. The fourth-order valence-corrected chi connectivity index (χ4v) is 18.7. The van der Waals surface area contributed by atoms with Gasteiger partial charge in [0.15, 0.2) is 0 Å². The minimum absolute atomic E-state index is 0.0704. The van der Waals surface area contributed by atoms with Gasteiger partial charge < -0.3 is 34.6 Å². The second-order valence-corrected chi connectivity index (χ2v) is 30.2. The molecule has 98 heavy (non-hydrogen) atoms. The molecular weight excluding hydrogens is 1260 g/mol. The molecule has 3 aromatic heterocycles. The zero-order valence-corrected chi connectivity index (χ0v) is 58.8. The number of esters is 2. The van der Waals surface area contributed by atoms with Gasteiger partial charge in [0, 0.05) is 93.6 Å². The van der Waals surface area contributed by atoms with Gasteiger partial charge in [-0.3, -0.25) is 9.59 Å². The molecule has 5 aromatic carbocycles. The molecule has 0 spiro atoms. The minimum atomic E-state index is -0.549. The molecule has 2 aliphatic heterocycles. The Labute approximate surface area is 586 Å². The summed E-state index contributed by atoms with van der Waals surface area (Å²) in [5, 5.41) is 23.7. The Bertz CT molecular complexity index is 4430. The molecule has 0 saturated heterocycles. The van der Waals surface area contributed by atoms with Crippen LogP contribution in [0.4, 0.5) is 5.69 Å². The lowest BCUT2D eigenvalue weighted by molar-refractivity contribution is -0.217. The number of aromatic nitrogens is 4. The summed E-state index contributed by atoms with van der Waals surface area (Å²) < 4.78 is 12.9. The average molecular weight is 1350 g/mol. The lowest BCUT2D eigenvalue weighted by Crippen LogP contribution is -2.63. The maximum absolute atomic E-state index is 14.1. The van der Waals surface area contributed by atoms with E-state index >= 15 is 0 Å². The summed E-state index contributed by atoms with van der Waals surface area (Å²) in [6.07, 6.45) is 15.4. The van der Waals surface area contributed by atoms with Crippen molar-refractivity contribution >= 4 is 87.2 Å². The van der Waals surface area contributed by atoms with Crippen LogP contribution < -0.4 is 9.64 Å².